The van der Waals surface area contributed by atoms with Crippen molar-refractivity contribution in [3.8, 4) is 11.3 Å². The highest BCUT2D eigenvalue weighted by molar-refractivity contribution is 6.12. The van der Waals surface area contributed by atoms with E-state index in [0.717, 1.165) is 16.9 Å². The van der Waals surface area contributed by atoms with Gasteiger partial charge in [0.05, 0.1) is 17.5 Å². The minimum Gasteiger partial charge on any atom is -0.378 e. The van der Waals surface area contributed by atoms with Crippen LogP contribution in [0.2, 0.25) is 0 Å². The summed E-state index contributed by atoms with van der Waals surface area (Å²) in [6.45, 7) is 0. The number of benzene rings is 1. The largest absolute Gasteiger partial charge is 0.378 e. The SMILES string of the molecule is CN(C)c1ccc(C(=O)c2cnn3c(-c4ccncc4)ccnc23)cc1. The van der Waals surface area contributed by atoms with Crippen LogP contribution in [0.3, 0.4) is 0 Å². The molecule has 0 atom stereocenters. The molecule has 0 radical (unpaired) electrons. The predicted octanol–water partition coefficient (Wildman–Crippen LogP) is 3.09. The van der Waals surface area contributed by atoms with Crippen molar-refractivity contribution in [2.45, 2.75) is 0 Å². The molecule has 128 valence electrons. The maximum Gasteiger partial charge on any atom is 0.198 e. The topological polar surface area (TPSA) is 63.4 Å². The number of rotatable bonds is 4. The van der Waals surface area contributed by atoms with E-state index in [2.05, 4.69) is 15.1 Å². The molecule has 0 N–H and O–H groups in total. The third kappa shape index (κ3) is 2.71. The summed E-state index contributed by atoms with van der Waals surface area (Å²) in [5.74, 6) is -0.0929. The van der Waals surface area contributed by atoms with Crippen LogP contribution in [-0.2, 0) is 0 Å². The molecule has 0 amide bonds. The van der Waals surface area contributed by atoms with Crippen molar-refractivity contribution in [1.82, 2.24) is 19.6 Å². The number of aromatic nitrogens is 4. The van der Waals surface area contributed by atoms with Gasteiger partial charge in [0.1, 0.15) is 0 Å². The Labute approximate surface area is 150 Å². The van der Waals surface area contributed by atoms with Crippen molar-refractivity contribution >= 4 is 17.1 Å². The smallest absolute Gasteiger partial charge is 0.198 e. The molecule has 0 spiro atoms. The molecule has 0 saturated heterocycles. The Bertz CT molecular complexity index is 1070. The maximum atomic E-state index is 12.9. The first-order chi connectivity index (χ1) is 12.6. The Morgan fingerprint density at radius 2 is 1.69 bits per heavy atom. The molecule has 26 heavy (non-hydrogen) atoms. The van der Waals surface area contributed by atoms with E-state index in [0.29, 0.717) is 16.8 Å². The molecule has 0 aliphatic heterocycles. The number of carbonyl (C=O) groups is 1. The Hall–Kier alpha value is -3.54. The zero-order valence-electron chi connectivity index (χ0n) is 14.5. The minimum atomic E-state index is -0.0929. The third-order valence-corrected chi connectivity index (χ3v) is 4.27. The van der Waals surface area contributed by atoms with E-state index < -0.39 is 0 Å². The summed E-state index contributed by atoms with van der Waals surface area (Å²) in [5.41, 5.74) is 4.50. The molecule has 4 aromatic rings. The van der Waals surface area contributed by atoms with Crippen LogP contribution in [0.5, 0.6) is 0 Å². The van der Waals surface area contributed by atoms with Gasteiger partial charge in [-0.05, 0) is 42.5 Å². The summed E-state index contributed by atoms with van der Waals surface area (Å²) < 4.78 is 1.69. The summed E-state index contributed by atoms with van der Waals surface area (Å²) in [5, 5.41) is 4.39. The second-order valence-electron chi connectivity index (χ2n) is 6.13. The molecule has 0 unspecified atom stereocenters. The van der Waals surface area contributed by atoms with Gasteiger partial charge in [0.2, 0.25) is 0 Å². The average molecular weight is 343 g/mol. The first-order valence-corrected chi connectivity index (χ1v) is 8.20. The zero-order chi connectivity index (χ0) is 18.1. The van der Waals surface area contributed by atoms with Crippen LogP contribution in [0.15, 0.2) is 67.3 Å². The second kappa shape index (κ2) is 6.40. The number of anilines is 1. The van der Waals surface area contributed by atoms with E-state index >= 15 is 0 Å². The minimum absolute atomic E-state index is 0.0929. The van der Waals surface area contributed by atoms with Crippen LogP contribution in [0.1, 0.15) is 15.9 Å². The lowest BCUT2D eigenvalue weighted by molar-refractivity contribution is 0.104. The number of hydrogen-bond acceptors (Lipinski definition) is 5. The van der Waals surface area contributed by atoms with Crippen molar-refractivity contribution in [3.05, 3.63) is 78.4 Å². The van der Waals surface area contributed by atoms with Crippen molar-refractivity contribution < 1.29 is 4.79 Å². The Kier molecular flexibility index (Phi) is 3.93. The van der Waals surface area contributed by atoms with Gasteiger partial charge < -0.3 is 4.90 Å². The Morgan fingerprint density at radius 1 is 0.962 bits per heavy atom. The fraction of sp³-hybridized carbons (Fsp3) is 0.100. The predicted molar refractivity (Wildman–Crippen MR) is 100 cm³/mol. The van der Waals surface area contributed by atoms with Crippen LogP contribution < -0.4 is 4.90 Å². The summed E-state index contributed by atoms with van der Waals surface area (Å²) >= 11 is 0. The fourth-order valence-corrected chi connectivity index (χ4v) is 2.86. The lowest BCUT2D eigenvalue weighted by Gasteiger charge is -2.12. The molecule has 3 aromatic heterocycles. The lowest BCUT2D eigenvalue weighted by atomic mass is 10.1. The molecular weight excluding hydrogens is 326 g/mol. The fourth-order valence-electron chi connectivity index (χ4n) is 2.86. The Balaban J connectivity index is 1.77. The highest BCUT2D eigenvalue weighted by atomic mass is 16.1. The van der Waals surface area contributed by atoms with Crippen LogP contribution in [0.25, 0.3) is 16.9 Å². The van der Waals surface area contributed by atoms with E-state index in [4.69, 9.17) is 0 Å². The molecule has 6 heteroatoms. The van der Waals surface area contributed by atoms with Crippen LogP contribution >= 0.6 is 0 Å². The van der Waals surface area contributed by atoms with E-state index in [1.165, 1.54) is 0 Å². The standard InChI is InChI=1S/C20H17N5O/c1-24(2)16-5-3-15(4-6-16)19(26)17-13-23-25-18(9-12-22-20(17)25)14-7-10-21-11-8-14/h3-13H,1-2H3. The van der Waals surface area contributed by atoms with Crippen molar-refractivity contribution in [2.24, 2.45) is 0 Å². The van der Waals surface area contributed by atoms with Gasteiger partial charge in [0.25, 0.3) is 0 Å². The van der Waals surface area contributed by atoms with E-state index in [-0.39, 0.29) is 5.78 Å². The van der Waals surface area contributed by atoms with E-state index in [1.807, 2.05) is 61.5 Å². The molecule has 1 aromatic carbocycles. The molecule has 0 saturated carbocycles. The van der Waals surface area contributed by atoms with Crippen molar-refractivity contribution in [1.29, 1.82) is 0 Å². The van der Waals surface area contributed by atoms with Crippen LogP contribution in [0.4, 0.5) is 5.69 Å². The van der Waals surface area contributed by atoms with E-state index in [9.17, 15) is 4.79 Å². The first kappa shape index (κ1) is 16.0. The number of nitrogens with zero attached hydrogens (tertiary/aromatic N) is 5. The normalized spacial score (nSPS) is 10.8. The van der Waals surface area contributed by atoms with E-state index in [1.54, 1.807) is 29.3 Å². The second-order valence-corrected chi connectivity index (χ2v) is 6.13. The molecule has 0 aliphatic rings. The summed E-state index contributed by atoms with van der Waals surface area (Å²) in [7, 11) is 3.93. The first-order valence-electron chi connectivity index (χ1n) is 8.20. The van der Waals surface area contributed by atoms with Gasteiger partial charge in [-0.25, -0.2) is 9.50 Å². The van der Waals surface area contributed by atoms with Gasteiger partial charge in [0, 0.05) is 49.5 Å². The molecule has 0 bridgehead atoms. The molecule has 0 fully saturated rings. The van der Waals surface area contributed by atoms with Crippen LogP contribution in [-0.4, -0.2) is 39.5 Å². The van der Waals surface area contributed by atoms with Gasteiger partial charge in [-0.15, -0.1) is 0 Å². The zero-order valence-corrected chi connectivity index (χ0v) is 14.5. The number of fused-ring (bicyclic) bond motifs is 1. The summed E-state index contributed by atoms with van der Waals surface area (Å²) in [6, 6.07) is 13.2. The highest BCUT2D eigenvalue weighted by Gasteiger charge is 2.17. The summed E-state index contributed by atoms with van der Waals surface area (Å²) in [6.07, 6.45) is 6.72. The summed E-state index contributed by atoms with van der Waals surface area (Å²) in [4.78, 5) is 23.3. The quantitative estimate of drug-likeness (QED) is 0.533. The third-order valence-electron chi connectivity index (χ3n) is 4.27. The molecule has 3 heterocycles. The molecule has 0 aliphatic carbocycles. The van der Waals surface area contributed by atoms with Gasteiger partial charge >= 0.3 is 0 Å². The number of hydrogen-bond donors (Lipinski definition) is 0. The molecule has 4 rings (SSSR count). The molecule has 6 nitrogen and oxygen atoms in total. The van der Waals surface area contributed by atoms with Gasteiger partial charge in [-0.1, -0.05) is 0 Å². The van der Waals surface area contributed by atoms with Gasteiger partial charge in [-0.3, -0.25) is 9.78 Å². The Morgan fingerprint density at radius 3 is 2.38 bits per heavy atom. The van der Waals surface area contributed by atoms with Crippen molar-refractivity contribution in [3.63, 3.8) is 0 Å². The van der Waals surface area contributed by atoms with Crippen LogP contribution in [0, 0.1) is 0 Å². The number of ketones is 1. The lowest BCUT2D eigenvalue weighted by Crippen LogP contribution is -2.09. The van der Waals surface area contributed by atoms with Crippen molar-refractivity contribution in [2.75, 3.05) is 19.0 Å². The average Bonchev–Trinajstić information content (AvgIpc) is 3.12. The highest BCUT2D eigenvalue weighted by Crippen LogP contribution is 2.22. The number of carbonyl (C=O) groups excluding carboxylic acids is 1. The van der Waals surface area contributed by atoms with Gasteiger partial charge in [0.15, 0.2) is 11.4 Å². The number of pyridine rings is 1. The maximum absolute atomic E-state index is 12.9. The van der Waals surface area contributed by atoms with Gasteiger partial charge in [-0.2, -0.15) is 5.10 Å². The monoisotopic (exact) mass is 343 g/mol. The molecular formula is C20H17N5O.